The van der Waals surface area contributed by atoms with E-state index >= 15 is 0 Å². The second-order valence-electron chi connectivity index (χ2n) is 12.4. The summed E-state index contributed by atoms with van der Waals surface area (Å²) in [7, 11) is 0. The molecule has 3 amide bonds. The first kappa shape index (κ1) is 37.6. The topological polar surface area (TPSA) is 159 Å². The molecule has 46 heavy (non-hydrogen) atoms. The Morgan fingerprint density at radius 2 is 1.76 bits per heavy atom. The number of alkyl halides is 3. The van der Waals surface area contributed by atoms with Gasteiger partial charge in [-0.3, -0.25) is 24.2 Å². The second kappa shape index (κ2) is 15.8. The average molecular weight is 703 g/mol. The van der Waals surface area contributed by atoms with Gasteiger partial charge in [0, 0.05) is 24.2 Å². The van der Waals surface area contributed by atoms with Crippen LogP contribution in [0, 0.1) is 11.3 Å². The van der Waals surface area contributed by atoms with Crippen molar-refractivity contribution >= 4 is 69.3 Å². The van der Waals surface area contributed by atoms with Gasteiger partial charge in [0.2, 0.25) is 21.5 Å². The molecule has 1 aliphatic rings. The first-order valence-corrected chi connectivity index (χ1v) is 16.1. The summed E-state index contributed by atoms with van der Waals surface area (Å²) in [5, 5.41) is 18.4. The molecule has 0 saturated carbocycles. The number of fused-ring (bicyclic) bond motifs is 1. The molecule has 1 aliphatic heterocycles. The molecule has 4 N–H and O–H groups in total. The molecule has 1 aromatic heterocycles. The number of benzene rings is 1. The molecule has 1 fully saturated rings. The third-order valence-corrected chi connectivity index (χ3v) is 7.81. The van der Waals surface area contributed by atoms with E-state index in [0.717, 1.165) is 16.3 Å². The largest absolute Gasteiger partial charge is 0.477 e. The van der Waals surface area contributed by atoms with Crippen LogP contribution in [0.25, 0.3) is 10.8 Å². The molecule has 2 aromatic rings. The van der Waals surface area contributed by atoms with E-state index < -0.39 is 63.7 Å². The van der Waals surface area contributed by atoms with Crippen LogP contribution in [-0.4, -0.2) is 80.5 Å². The van der Waals surface area contributed by atoms with E-state index in [0.29, 0.717) is 25.3 Å². The maximum atomic E-state index is 13.3. The highest BCUT2D eigenvalue weighted by Crippen LogP contribution is 2.27. The number of rotatable bonds is 12. The summed E-state index contributed by atoms with van der Waals surface area (Å²) in [6, 6.07) is 4.54. The Labute approximate surface area is 283 Å². The number of hydrazine groups is 1. The number of nitrogens with one attached hydrogen (secondary N) is 3. The van der Waals surface area contributed by atoms with Gasteiger partial charge in [0.1, 0.15) is 31.3 Å². The van der Waals surface area contributed by atoms with Crippen LogP contribution in [0.4, 0.5) is 0 Å². The van der Waals surface area contributed by atoms with Gasteiger partial charge in [-0.05, 0) is 63.5 Å². The number of esters is 1. The van der Waals surface area contributed by atoms with Crippen molar-refractivity contribution in [2.45, 2.75) is 82.4 Å². The Hall–Kier alpha value is -2.90. The van der Waals surface area contributed by atoms with Crippen molar-refractivity contribution in [3.05, 3.63) is 36.0 Å². The van der Waals surface area contributed by atoms with Crippen LogP contribution in [-0.2, 0) is 23.9 Å². The Morgan fingerprint density at radius 3 is 2.39 bits per heavy atom. The SMILES string of the molecule is CC(NC(=O)C(NC(=O)C(C)(C)COc1cc2cc(C(C)O)ccc2cn1)C(C)C)C(=O)N1CCCC(C(=O)OCC(Cl)(Cl)Cl)N1. The molecule has 1 aromatic carbocycles. The van der Waals surface area contributed by atoms with E-state index in [2.05, 4.69) is 21.0 Å². The van der Waals surface area contributed by atoms with Gasteiger partial charge < -0.3 is 25.2 Å². The molecule has 0 spiro atoms. The first-order chi connectivity index (χ1) is 21.4. The van der Waals surface area contributed by atoms with Crippen molar-refractivity contribution in [1.82, 2.24) is 26.1 Å². The van der Waals surface area contributed by atoms with Crippen molar-refractivity contribution in [3.8, 4) is 5.88 Å². The average Bonchev–Trinajstić information content (AvgIpc) is 2.99. The van der Waals surface area contributed by atoms with Crippen molar-refractivity contribution in [3.63, 3.8) is 0 Å². The van der Waals surface area contributed by atoms with Gasteiger partial charge in [0.25, 0.3) is 5.91 Å². The standard InChI is InChI=1S/C31H42Cl3N5O7/c1-17(2)25(26(41)36-18(3)27(42)39-11-7-8-23(38-39)28(43)46-16-31(32,33)34)37-29(44)30(5,6)15-45-24-13-22-12-20(19(4)40)9-10-21(22)14-35-24/h9-10,12-14,17-19,23,25,38,40H,7-8,11,15-16H2,1-6H3,(H,36,41)(H,37,44). The number of halogens is 3. The van der Waals surface area contributed by atoms with Crippen LogP contribution < -0.4 is 20.8 Å². The molecular weight excluding hydrogens is 661 g/mol. The third kappa shape index (κ3) is 10.6. The molecule has 1 saturated heterocycles. The van der Waals surface area contributed by atoms with E-state index in [1.54, 1.807) is 46.9 Å². The van der Waals surface area contributed by atoms with Crippen LogP contribution >= 0.6 is 34.8 Å². The normalized spacial score (nSPS) is 17.6. The number of aromatic nitrogens is 1. The summed E-state index contributed by atoms with van der Waals surface area (Å²) in [6.45, 7) is 9.97. The molecule has 254 valence electrons. The summed E-state index contributed by atoms with van der Waals surface area (Å²) in [5.41, 5.74) is 2.53. The molecule has 12 nitrogen and oxygen atoms in total. The maximum absolute atomic E-state index is 13.3. The van der Waals surface area contributed by atoms with Crippen molar-refractivity contribution in [2.75, 3.05) is 19.8 Å². The zero-order valence-corrected chi connectivity index (χ0v) is 29.0. The zero-order chi connectivity index (χ0) is 34.4. The number of nitrogens with zero attached hydrogens (tertiary/aromatic N) is 2. The fourth-order valence-corrected chi connectivity index (χ4v) is 4.80. The number of aliphatic hydroxyl groups excluding tert-OH is 1. The molecule has 0 aliphatic carbocycles. The van der Waals surface area contributed by atoms with Crippen molar-refractivity contribution in [2.24, 2.45) is 11.3 Å². The Balaban J connectivity index is 1.58. The smallest absolute Gasteiger partial charge is 0.325 e. The summed E-state index contributed by atoms with van der Waals surface area (Å²) in [5.74, 6) is -2.10. The van der Waals surface area contributed by atoms with Gasteiger partial charge in [0.05, 0.1) is 11.5 Å². The maximum Gasteiger partial charge on any atom is 0.325 e. The van der Waals surface area contributed by atoms with Crippen LogP contribution in [0.1, 0.15) is 66.1 Å². The van der Waals surface area contributed by atoms with Crippen LogP contribution in [0.3, 0.4) is 0 Å². The van der Waals surface area contributed by atoms with Crippen LogP contribution in [0.5, 0.6) is 5.88 Å². The van der Waals surface area contributed by atoms with E-state index in [1.807, 2.05) is 18.2 Å². The summed E-state index contributed by atoms with van der Waals surface area (Å²) >= 11 is 16.9. The monoisotopic (exact) mass is 701 g/mol. The molecular formula is C31H42Cl3N5O7. The number of amides is 3. The van der Waals surface area contributed by atoms with Gasteiger partial charge in [-0.1, -0.05) is 60.8 Å². The molecule has 0 radical (unpaired) electrons. The summed E-state index contributed by atoms with van der Waals surface area (Å²) in [6.07, 6.45) is 1.95. The molecule has 0 bridgehead atoms. The van der Waals surface area contributed by atoms with Crippen molar-refractivity contribution in [1.29, 1.82) is 0 Å². The van der Waals surface area contributed by atoms with E-state index in [-0.39, 0.29) is 12.5 Å². The third-order valence-electron chi connectivity index (χ3n) is 7.48. The predicted molar refractivity (Wildman–Crippen MR) is 175 cm³/mol. The van der Waals surface area contributed by atoms with Gasteiger partial charge in [-0.2, -0.15) is 0 Å². The Bertz CT molecular complexity index is 1420. The number of pyridine rings is 1. The lowest BCUT2D eigenvalue weighted by Gasteiger charge is -2.35. The highest BCUT2D eigenvalue weighted by Gasteiger charge is 2.36. The fourth-order valence-electron chi connectivity index (χ4n) is 4.64. The number of ether oxygens (including phenoxy) is 2. The number of hydrogen-bond acceptors (Lipinski definition) is 9. The lowest BCUT2D eigenvalue weighted by atomic mass is 9.92. The summed E-state index contributed by atoms with van der Waals surface area (Å²) in [4.78, 5) is 56.5. The molecule has 3 rings (SSSR count). The predicted octanol–water partition coefficient (Wildman–Crippen LogP) is 3.75. The van der Waals surface area contributed by atoms with E-state index in [4.69, 9.17) is 44.3 Å². The molecule has 4 unspecified atom stereocenters. The Morgan fingerprint density at radius 1 is 1.07 bits per heavy atom. The molecule has 2 heterocycles. The molecule has 15 heteroatoms. The zero-order valence-electron chi connectivity index (χ0n) is 26.7. The van der Waals surface area contributed by atoms with Gasteiger partial charge >= 0.3 is 5.97 Å². The Kier molecular flexibility index (Phi) is 12.9. The lowest BCUT2D eigenvalue weighted by Crippen LogP contribution is -2.61. The highest BCUT2D eigenvalue weighted by atomic mass is 35.6. The fraction of sp³-hybridized carbons (Fsp3) is 0.581. The highest BCUT2D eigenvalue weighted by molar-refractivity contribution is 6.67. The molecule has 4 atom stereocenters. The minimum Gasteiger partial charge on any atom is -0.477 e. The number of aliphatic hydroxyl groups is 1. The summed E-state index contributed by atoms with van der Waals surface area (Å²) < 4.78 is 9.14. The van der Waals surface area contributed by atoms with E-state index in [1.165, 1.54) is 11.9 Å². The van der Waals surface area contributed by atoms with Gasteiger partial charge in [-0.15, -0.1) is 0 Å². The number of carbonyl (C=O) groups excluding carboxylic acids is 4. The first-order valence-electron chi connectivity index (χ1n) is 15.0. The second-order valence-corrected chi connectivity index (χ2v) is 15.0. The lowest BCUT2D eigenvalue weighted by molar-refractivity contribution is -0.152. The van der Waals surface area contributed by atoms with Crippen LogP contribution in [0.2, 0.25) is 0 Å². The minimum atomic E-state index is -1.76. The number of hydrogen-bond donors (Lipinski definition) is 4. The van der Waals surface area contributed by atoms with Crippen LogP contribution in [0.15, 0.2) is 30.5 Å². The minimum absolute atomic E-state index is 0.0271. The van der Waals surface area contributed by atoms with E-state index in [9.17, 15) is 24.3 Å². The van der Waals surface area contributed by atoms with Gasteiger partial charge in [-0.25, -0.2) is 10.4 Å². The quantitative estimate of drug-likeness (QED) is 0.191. The van der Waals surface area contributed by atoms with Gasteiger partial charge in [0.15, 0.2) is 0 Å². The number of carbonyl (C=O) groups is 4. The van der Waals surface area contributed by atoms with Crippen molar-refractivity contribution < 1.29 is 33.8 Å².